The Hall–Kier alpha value is -0.950. The Bertz CT molecular complexity index is 424. The van der Waals surface area contributed by atoms with Crippen LogP contribution in [-0.2, 0) is 4.79 Å². The predicted molar refractivity (Wildman–Crippen MR) is 77.8 cm³/mol. The van der Waals surface area contributed by atoms with Gasteiger partial charge in [0, 0.05) is 24.5 Å². The van der Waals surface area contributed by atoms with E-state index in [1.165, 1.54) is 11.1 Å². The molecule has 1 aromatic heterocycles. The van der Waals surface area contributed by atoms with Gasteiger partial charge in [-0.2, -0.15) is 0 Å². The summed E-state index contributed by atoms with van der Waals surface area (Å²) in [5.74, 6) is -0.425. The standard InChI is InChI=1S/C12H16FN3O2.2ClH/c13-9-3-5-16(7-9)12(18)10(14)11(17)8-2-1-4-15-6-8;;/h1-2,4,6,9-11,17H,3,5,7,14H2;2*1H/t9-,10?,11?;;/m0../s1. The molecule has 3 N–H and O–H groups in total. The lowest BCUT2D eigenvalue weighted by molar-refractivity contribution is -0.134. The fourth-order valence-electron chi connectivity index (χ4n) is 2.02. The van der Waals surface area contributed by atoms with E-state index in [9.17, 15) is 14.3 Å². The summed E-state index contributed by atoms with van der Waals surface area (Å²) in [4.78, 5) is 17.2. The Kier molecular flexibility index (Phi) is 7.96. The second kappa shape index (κ2) is 8.36. The molecule has 1 amide bonds. The van der Waals surface area contributed by atoms with Crippen LogP contribution >= 0.6 is 24.8 Å². The van der Waals surface area contributed by atoms with Crippen LogP contribution in [0.4, 0.5) is 4.39 Å². The van der Waals surface area contributed by atoms with Crippen LogP contribution in [0, 0.1) is 0 Å². The van der Waals surface area contributed by atoms with Gasteiger partial charge in [0.25, 0.3) is 0 Å². The average molecular weight is 326 g/mol. The highest BCUT2D eigenvalue weighted by molar-refractivity contribution is 5.85. The summed E-state index contributed by atoms with van der Waals surface area (Å²) in [5, 5.41) is 9.98. The zero-order valence-corrected chi connectivity index (χ0v) is 12.3. The van der Waals surface area contributed by atoms with E-state index >= 15 is 0 Å². The minimum absolute atomic E-state index is 0. The molecule has 5 nitrogen and oxygen atoms in total. The number of hydrogen-bond acceptors (Lipinski definition) is 4. The first-order chi connectivity index (χ1) is 8.59. The number of aliphatic hydroxyl groups is 1. The lowest BCUT2D eigenvalue weighted by Crippen LogP contribution is -2.46. The van der Waals surface area contributed by atoms with Crippen molar-refractivity contribution in [3.63, 3.8) is 0 Å². The quantitative estimate of drug-likeness (QED) is 0.863. The number of carbonyl (C=O) groups excluding carboxylic acids is 1. The Morgan fingerprint density at radius 3 is 2.75 bits per heavy atom. The lowest BCUT2D eigenvalue weighted by atomic mass is 10.0. The van der Waals surface area contributed by atoms with Gasteiger partial charge in [0.2, 0.25) is 5.91 Å². The summed E-state index contributed by atoms with van der Waals surface area (Å²) < 4.78 is 13.0. The largest absolute Gasteiger partial charge is 0.386 e. The van der Waals surface area contributed by atoms with Crippen LogP contribution in [0.3, 0.4) is 0 Å². The highest BCUT2D eigenvalue weighted by atomic mass is 35.5. The van der Waals surface area contributed by atoms with E-state index in [0.29, 0.717) is 18.5 Å². The number of halogens is 3. The van der Waals surface area contributed by atoms with E-state index in [1.54, 1.807) is 18.3 Å². The molecule has 20 heavy (non-hydrogen) atoms. The maximum absolute atomic E-state index is 13.0. The van der Waals surface area contributed by atoms with E-state index in [2.05, 4.69) is 4.98 Å². The summed E-state index contributed by atoms with van der Waals surface area (Å²) in [6.07, 6.45) is 1.25. The molecule has 1 aliphatic rings. The third-order valence-corrected chi connectivity index (χ3v) is 3.09. The second-order valence-electron chi connectivity index (χ2n) is 4.43. The number of alkyl halides is 1. The number of nitrogens with two attached hydrogens (primary N) is 1. The molecule has 114 valence electrons. The van der Waals surface area contributed by atoms with Gasteiger partial charge in [0.15, 0.2) is 0 Å². The summed E-state index contributed by atoms with van der Waals surface area (Å²) in [6.45, 7) is 0.416. The number of amides is 1. The number of rotatable bonds is 3. The van der Waals surface area contributed by atoms with Crippen LogP contribution in [0.1, 0.15) is 18.1 Å². The SMILES string of the molecule is Cl.Cl.NC(C(=O)N1CC[C@H](F)C1)C(O)c1cccnc1. The fraction of sp³-hybridized carbons (Fsp3) is 0.500. The number of aromatic nitrogens is 1. The Morgan fingerprint density at radius 2 is 2.25 bits per heavy atom. The molecule has 2 rings (SSSR count). The van der Waals surface area contributed by atoms with Gasteiger partial charge in [-0.1, -0.05) is 6.07 Å². The van der Waals surface area contributed by atoms with Crippen molar-refractivity contribution in [3.05, 3.63) is 30.1 Å². The molecule has 8 heteroatoms. The maximum Gasteiger partial charge on any atom is 0.242 e. The highest BCUT2D eigenvalue weighted by Gasteiger charge is 2.32. The normalized spacial score (nSPS) is 20.6. The molecule has 0 aromatic carbocycles. The summed E-state index contributed by atoms with van der Waals surface area (Å²) in [7, 11) is 0. The Labute approximate surface area is 129 Å². The van der Waals surface area contributed by atoms with Gasteiger partial charge >= 0.3 is 0 Å². The molecule has 0 saturated carbocycles. The smallest absolute Gasteiger partial charge is 0.242 e. The van der Waals surface area contributed by atoms with Gasteiger partial charge in [-0.05, 0) is 12.5 Å². The minimum atomic E-state index is -1.12. The molecule has 3 atom stereocenters. The molecule has 1 aromatic rings. The third kappa shape index (κ3) is 4.28. The summed E-state index contributed by atoms with van der Waals surface area (Å²) >= 11 is 0. The molecule has 2 heterocycles. The van der Waals surface area contributed by atoms with E-state index in [4.69, 9.17) is 5.73 Å². The van der Waals surface area contributed by atoms with Gasteiger partial charge < -0.3 is 15.7 Å². The van der Waals surface area contributed by atoms with E-state index in [0.717, 1.165) is 0 Å². The van der Waals surface area contributed by atoms with Crippen molar-refractivity contribution >= 4 is 30.7 Å². The van der Waals surface area contributed by atoms with Crippen molar-refractivity contribution < 1.29 is 14.3 Å². The molecule has 1 fully saturated rings. The van der Waals surface area contributed by atoms with E-state index in [1.807, 2.05) is 0 Å². The Balaban J connectivity index is 0.00000180. The molecule has 0 bridgehead atoms. The van der Waals surface area contributed by atoms with Crippen molar-refractivity contribution in [1.82, 2.24) is 9.88 Å². The number of nitrogens with zero attached hydrogens (tertiary/aromatic N) is 2. The minimum Gasteiger partial charge on any atom is -0.386 e. The number of carbonyl (C=O) groups is 1. The molecule has 1 aliphatic heterocycles. The van der Waals surface area contributed by atoms with Gasteiger partial charge in [0.05, 0.1) is 6.54 Å². The number of pyridine rings is 1. The van der Waals surface area contributed by atoms with E-state index < -0.39 is 24.2 Å². The zero-order chi connectivity index (χ0) is 13.1. The first kappa shape index (κ1) is 19.1. The summed E-state index contributed by atoms with van der Waals surface area (Å²) in [5.41, 5.74) is 6.21. The molecule has 0 spiro atoms. The lowest BCUT2D eigenvalue weighted by Gasteiger charge is -2.23. The monoisotopic (exact) mass is 325 g/mol. The zero-order valence-electron chi connectivity index (χ0n) is 10.7. The molecule has 0 radical (unpaired) electrons. The molecular weight excluding hydrogens is 308 g/mol. The van der Waals surface area contributed by atoms with Crippen LogP contribution in [0.2, 0.25) is 0 Å². The first-order valence-electron chi connectivity index (χ1n) is 5.86. The van der Waals surface area contributed by atoms with Gasteiger partial charge in [0.1, 0.15) is 18.3 Å². The number of aliphatic hydroxyl groups excluding tert-OH is 1. The summed E-state index contributed by atoms with van der Waals surface area (Å²) in [6, 6.07) is 2.22. The fourth-order valence-corrected chi connectivity index (χ4v) is 2.02. The average Bonchev–Trinajstić information content (AvgIpc) is 2.84. The first-order valence-corrected chi connectivity index (χ1v) is 5.86. The van der Waals surface area contributed by atoms with Crippen molar-refractivity contribution in [1.29, 1.82) is 0 Å². The molecular formula is C12H18Cl2FN3O2. The second-order valence-corrected chi connectivity index (χ2v) is 4.43. The van der Waals surface area contributed by atoms with Crippen LogP contribution in [-0.4, -0.2) is 46.2 Å². The van der Waals surface area contributed by atoms with Crippen molar-refractivity contribution in [2.24, 2.45) is 5.73 Å². The van der Waals surface area contributed by atoms with Crippen LogP contribution in [0.5, 0.6) is 0 Å². The topological polar surface area (TPSA) is 79.5 Å². The Morgan fingerprint density at radius 1 is 1.55 bits per heavy atom. The van der Waals surface area contributed by atoms with Crippen molar-refractivity contribution in [2.75, 3.05) is 13.1 Å². The molecule has 2 unspecified atom stereocenters. The van der Waals surface area contributed by atoms with Crippen molar-refractivity contribution in [2.45, 2.75) is 24.7 Å². The number of likely N-dealkylation sites (tertiary alicyclic amines) is 1. The maximum atomic E-state index is 13.0. The van der Waals surface area contributed by atoms with Crippen LogP contribution in [0.25, 0.3) is 0 Å². The highest BCUT2D eigenvalue weighted by Crippen LogP contribution is 2.19. The van der Waals surface area contributed by atoms with Crippen LogP contribution in [0.15, 0.2) is 24.5 Å². The van der Waals surface area contributed by atoms with Crippen molar-refractivity contribution in [3.8, 4) is 0 Å². The van der Waals surface area contributed by atoms with Gasteiger partial charge in [-0.3, -0.25) is 9.78 Å². The third-order valence-electron chi connectivity index (χ3n) is 3.09. The van der Waals surface area contributed by atoms with Gasteiger partial charge in [-0.25, -0.2) is 4.39 Å². The van der Waals surface area contributed by atoms with Gasteiger partial charge in [-0.15, -0.1) is 24.8 Å². The molecule has 0 aliphatic carbocycles. The predicted octanol–water partition coefficient (Wildman–Crippen LogP) is 0.856. The van der Waals surface area contributed by atoms with E-state index in [-0.39, 0.29) is 31.4 Å². The number of hydrogen-bond donors (Lipinski definition) is 2. The van der Waals surface area contributed by atoms with Crippen LogP contribution < -0.4 is 5.73 Å². The molecule has 1 saturated heterocycles.